The maximum atomic E-state index is 5.96. The molecule has 2 aromatic heterocycles. The minimum atomic E-state index is 0.762. The molecular formula is C15H16N4. The summed E-state index contributed by atoms with van der Waals surface area (Å²) in [7, 11) is 2.00. The topological polar surface area (TPSA) is 56.7 Å². The van der Waals surface area contributed by atoms with Crippen molar-refractivity contribution < 1.29 is 0 Å². The Hall–Kier alpha value is -2.36. The third-order valence-electron chi connectivity index (χ3n) is 3.59. The highest BCUT2D eigenvalue weighted by atomic mass is 15.1. The monoisotopic (exact) mass is 252 g/mol. The van der Waals surface area contributed by atoms with Gasteiger partial charge < -0.3 is 10.3 Å². The zero-order valence-corrected chi connectivity index (χ0v) is 11.3. The number of hydrogen-bond donors (Lipinski definition) is 1. The number of nitrogen functional groups attached to an aromatic ring is 1. The third-order valence-corrected chi connectivity index (χ3v) is 3.59. The van der Waals surface area contributed by atoms with Gasteiger partial charge in [-0.1, -0.05) is 0 Å². The van der Waals surface area contributed by atoms with Gasteiger partial charge in [-0.05, 0) is 49.2 Å². The molecule has 0 atom stereocenters. The van der Waals surface area contributed by atoms with Gasteiger partial charge in [0.25, 0.3) is 0 Å². The number of hydrogen-bond acceptors (Lipinski definition) is 3. The van der Waals surface area contributed by atoms with E-state index in [1.54, 1.807) is 6.20 Å². The SMILES string of the molecule is Cc1cc(N)cc(-c2nc3ncccc3n2C)c1C. The summed E-state index contributed by atoms with van der Waals surface area (Å²) in [4.78, 5) is 8.92. The van der Waals surface area contributed by atoms with Crippen molar-refractivity contribution in [2.24, 2.45) is 7.05 Å². The molecule has 0 bridgehead atoms. The van der Waals surface area contributed by atoms with Gasteiger partial charge in [0.2, 0.25) is 0 Å². The van der Waals surface area contributed by atoms with E-state index in [1.807, 2.05) is 31.3 Å². The molecule has 3 aromatic rings. The summed E-state index contributed by atoms with van der Waals surface area (Å²) in [5, 5.41) is 0. The molecular weight excluding hydrogens is 236 g/mol. The molecule has 4 heteroatoms. The van der Waals surface area contributed by atoms with Crippen LogP contribution < -0.4 is 5.73 Å². The fraction of sp³-hybridized carbons (Fsp3) is 0.200. The van der Waals surface area contributed by atoms with Crippen molar-refractivity contribution in [3.63, 3.8) is 0 Å². The molecule has 0 aliphatic carbocycles. The first-order valence-electron chi connectivity index (χ1n) is 6.22. The highest BCUT2D eigenvalue weighted by Crippen LogP contribution is 2.29. The minimum absolute atomic E-state index is 0.762. The predicted molar refractivity (Wildman–Crippen MR) is 77.8 cm³/mol. The van der Waals surface area contributed by atoms with Gasteiger partial charge in [-0.15, -0.1) is 0 Å². The number of pyridine rings is 1. The molecule has 1 aromatic carbocycles. The zero-order chi connectivity index (χ0) is 13.6. The standard InChI is InChI=1S/C15H16N4/c1-9-7-11(16)8-12(10(9)2)15-18-14-13(19(15)3)5-4-6-17-14/h4-8H,16H2,1-3H3. The van der Waals surface area contributed by atoms with Gasteiger partial charge in [-0.3, -0.25) is 0 Å². The Morgan fingerprint density at radius 2 is 2.00 bits per heavy atom. The van der Waals surface area contributed by atoms with Crippen LogP contribution in [0.5, 0.6) is 0 Å². The van der Waals surface area contributed by atoms with Crippen molar-refractivity contribution >= 4 is 16.9 Å². The van der Waals surface area contributed by atoms with Crippen LogP contribution in [0.25, 0.3) is 22.6 Å². The fourth-order valence-corrected chi connectivity index (χ4v) is 2.39. The summed E-state index contributed by atoms with van der Waals surface area (Å²) in [6.45, 7) is 4.16. The molecule has 0 spiro atoms. The largest absolute Gasteiger partial charge is 0.399 e. The first-order valence-corrected chi connectivity index (χ1v) is 6.22. The molecule has 19 heavy (non-hydrogen) atoms. The lowest BCUT2D eigenvalue weighted by Gasteiger charge is -2.10. The van der Waals surface area contributed by atoms with E-state index in [0.717, 1.165) is 28.2 Å². The van der Waals surface area contributed by atoms with Crippen LogP contribution in [0, 0.1) is 13.8 Å². The highest BCUT2D eigenvalue weighted by molar-refractivity contribution is 5.79. The van der Waals surface area contributed by atoms with Crippen molar-refractivity contribution in [2.45, 2.75) is 13.8 Å². The zero-order valence-electron chi connectivity index (χ0n) is 11.3. The second kappa shape index (κ2) is 4.09. The number of imidazole rings is 1. The normalized spacial score (nSPS) is 11.1. The van der Waals surface area contributed by atoms with E-state index >= 15 is 0 Å². The molecule has 3 rings (SSSR count). The average Bonchev–Trinajstić information content (AvgIpc) is 2.72. The smallest absolute Gasteiger partial charge is 0.178 e. The van der Waals surface area contributed by atoms with Gasteiger partial charge in [0.1, 0.15) is 5.82 Å². The van der Waals surface area contributed by atoms with Crippen molar-refractivity contribution in [1.29, 1.82) is 0 Å². The lowest BCUT2D eigenvalue weighted by Crippen LogP contribution is -1.98. The lowest BCUT2D eigenvalue weighted by molar-refractivity contribution is 0.957. The first kappa shape index (κ1) is 11.7. The Balaban J connectivity index is 2.33. The number of nitrogens with two attached hydrogens (primary N) is 1. The van der Waals surface area contributed by atoms with E-state index in [2.05, 4.69) is 28.4 Å². The van der Waals surface area contributed by atoms with E-state index in [-0.39, 0.29) is 0 Å². The van der Waals surface area contributed by atoms with Crippen LogP contribution in [-0.2, 0) is 7.05 Å². The van der Waals surface area contributed by atoms with Crippen LogP contribution in [0.2, 0.25) is 0 Å². The predicted octanol–water partition coefficient (Wildman–Crippen LogP) is 2.83. The lowest BCUT2D eigenvalue weighted by atomic mass is 10.0. The second-order valence-corrected chi connectivity index (χ2v) is 4.85. The average molecular weight is 252 g/mol. The summed E-state index contributed by atoms with van der Waals surface area (Å²) in [5.41, 5.74) is 12.0. The molecule has 4 nitrogen and oxygen atoms in total. The van der Waals surface area contributed by atoms with Gasteiger partial charge in [0, 0.05) is 24.5 Å². The first-order chi connectivity index (χ1) is 9.08. The van der Waals surface area contributed by atoms with Crippen LogP contribution in [0.15, 0.2) is 30.5 Å². The Morgan fingerprint density at radius 1 is 1.21 bits per heavy atom. The maximum absolute atomic E-state index is 5.96. The highest BCUT2D eigenvalue weighted by Gasteiger charge is 2.13. The summed E-state index contributed by atoms with van der Waals surface area (Å²) >= 11 is 0. The Labute approximate surface area is 111 Å². The molecule has 0 amide bonds. The van der Waals surface area contributed by atoms with Crippen LogP contribution in [0.4, 0.5) is 5.69 Å². The molecule has 2 heterocycles. The van der Waals surface area contributed by atoms with Crippen LogP contribution in [0.1, 0.15) is 11.1 Å². The summed E-state index contributed by atoms with van der Waals surface area (Å²) in [5.74, 6) is 0.904. The van der Waals surface area contributed by atoms with Crippen LogP contribution >= 0.6 is 0 Å². The number of aromatic nitrogens is 3. The number of nitrogens with zero attached hydrogens (tertiary/aromatic N) is 3. The van der Waals surface area contributed by atoms with E-state index < -0.39 is 0 Å². The van der Waals surface area contributed by atoms with E-state index in [4.69, 9.17) is 5.73 Å². The van der Waals surface area contributed by atoms with Gasteiger partial charge >= 0.3 is 0 Å². The quantitative estimate of drug-likeness (QED) is 0.677. The number of rotatable bonds is 1. The van der Waals surface area contributed by atoms with Crippen molar-refractivity contribution in [3.8, 4) is 11.4 Å². The van der Waals surface area contributed by atoms with Gasteiger partial charge in [0.05, 0.1) is 5.52 Å². The molecule has 0 radical (unpaired) electrons. The Morgan fingerprint density at radius 3 is 2.74 bits per heavy atom. The molecule has 0 fully saturated rings. The number of benzene rings is 1. The van der Waals surface area contributed by atoms with Gasteiger partial charge in [-0.2, -0.15) is 0 Å². The second-order valence-electron chi connectivity index (χ2n) is 4.85. The number of fused-ring (bicyclic) bond motifs is 1. The number of anilines is 1. The summed E-state index contributed by atoms with van der Waals surface area (Å²) in [6.07, 6.45) is 1.76. The molecule has 0 aliphatic rings. The fourth-order valence-electron chi connectivity index (χ4n) is 2.39. The van der Waals surface area contributed by atoms with E-state index in [0.29, 0.717) is 0 Å². The van der Waals surface area contributed by atoms with Crippen molar-refractivity contribution in [2.75, 3.05) is 5.73 Å². The Kier molecular flexibility index (Phi) is 2.52. The molecule has 0 saturated carbocycles. The van der Waals surface area contributed by atoms with Crippen molar-refractivity contribution in [3.05, 3.63) is 41.6 Å². The summed E-state index contributed by atoms with van der Waals surface area (Å²) in [6, 6.07) is 7.90. The van der Waals surface area contributed by atoms with Gasteiger partial charge in [-0.25, -0.2) is 9.97 Å². The van der Waals surface area contributed by atoms with E-state index in [9.17, 15) is 0 Å². The van der Waals surface area contributed by atoms with Crippen LogP contribution in [0.3, 0.4) is 0 Å². The van der Waals surface area contributed by atoms with Crippen LogP contribution in [-0.4, -0.2) is 14.5 Å². The van der Waals surface area contributed by atoms with Gasteiger partial charge in [0.15, 0.2) is 5.65 Å². The molecule has 0 unspecified atom stereocenters. The third kappa shape index (κ3) is 1.76. The molecule has 2 N–H and O–H groups in total. The molecule has 0 saturated heterocycles. The van der Waals surface area contributed by atoms with Crippen molar-refractivity contribution in [1.82, 2.24) is 14.5 Å². The Bertz CT molecular complexity index is 771. The minimum Gasteiger partial charge on any atom is -0.399 e. The number of aryl methyl sites for hydroxylation is 2. The molecule has 96 valence electrons. The van der Waals surface area contributed by atoms with E-state index in [1.165, 1.54) is 11.1 Å². The maximum Gasteiger partial charge on any atom is 0.178 e. The molecule has 0 aliphatic heterocycles. The summed E-state index contributed by atoms with van der Waals surface area (Å²) < 4.78 is 2.06.